The first-order chi connectivity index (χ1) is 11.3. The molecule has 0 aliphatic carbocycles. The lowest BCUT2D eigenvalue weighted by molar-refractivity contribution is -0.137. The van der Waals surface area contributed by atoms with Crippen molar-refractivity contribution in [1.82, 2.24) is 15.4 Å². The van der Waals surface area contributed by atoms with Crippen LogP contribution < -0.4 is 5.32 Å². The number of nitrogens with zero attached hydrogens (tertiary/aromatic N) is 2. The van der Waals surface area contributed by atoms with E-state index >= 15 is 0 Å². The lowest BCUT2D eigenvalue weighted by atomic mass is 10.1. The fourth-order valence-electron chi connectivity index (χ4n) is 2.38. The molecule has 0 aliphatic rings. The molecule has 2 N–H and O–H groups in total. The molecule has 3 rings (SSSR count). The second kappa shape index (κ2) is 5.66. The van der Waals surface area contributed by atoms with Crippen LogP contribution in [0.3, 0.4) is 0 Å². The average molecular weight is 338 g/mol. The molecule has 2 heterocycles. The summed E-state index contributed by atoms with van der Waals surface area (Å²) in [6.45, 7) is 3.39. The standard InChI is InChI=1S/C15H13F3N4O2/c1-7-10(8(2)24-22-7)6-13(23)19-14-11-5-9(15(16,17)18)3-4-12(11)20-21-14/h3-5H,6H2,1-2H3,(H2,19,20,21,23). The zero-order chi connectivity index (χ0) is 17.5. The number of halogens is 3. The van der Waals surface area contributed by atoms with Gasteiger partial charge in [-0.25, -0.2) is 0 Å². The number of aryl methyl sites for hydroxylation is 2. The van der Waals surface area contributed by atoms with Crippen LogP contribution in [0.5, 0.6) is 0 Å². The van der Waals surface area contributed by atoms with Crippen LogP contribution in [0, 0.1) is 13.8 Å². The van der Waals surface area contributed by atoms with Crippen LogP contribution in [0.15, 0.2) is 22.7 Å². The number of amides is 1. The highest BCUT2D eigenvalue weighted by atomic mass is 19.4. The molecular formula is C15H13F3N4O2. The molecule has 1 amide bonds. The number of aromatic nitrogens is 3. The Morgan fingerprint density at radius 3 is 2.71 bits per heavy atom. The van der Waals surface area contributed by atoms with Crippen molar-refractivity contribution in [1.29, 1.82) is 0 Å². The third-order valence-corrected chi connectivity index (χ3v) is 3.67. The lowest BCUT2D eigenvalue weighted by Crippen LogP contribution is -2.15. The molecule has 1 aromatic carbocycles. The predicted octanol–water partition coefficient (Wildman–Crippen LogP) is 3.37. The minimum absolute atomic E-state index is 0.00547. The lowest BCUT2D eigenvalue weighted by Gasteiger charge is -2.07. The average Bonchev–Trinajstić information content (AvgIpc) is 3.04. The molecule has 0 radical (unpaired) electrons. The van der Waals surface area contributed by atoms with Gasteiger partial charge in [-0.1, -0.05) is 5.16 Å². The van der Waals surface area contributed by atoms with Crippen molar-refractivity contribution in [2.45, 2.75) is 26.4 Å². The third kappa shape index (κ3) is 2.97. The van der Waals surface area contributed by atoms with E-state index in [1.165, 1.54) is 6.07 Å². The van der Waals surface area contributed by atoms with Crippen molar-refractivity contribution in [3.63, 3.8) is 0 Å². The molecule has 3 aromatic rings. The molecule has 0 saturated carbocycles. The Bertz CT molecular complexity index is 892. The van der Waals surface area contributed by atoms with E-state index in [1.54, 1.807) is 13.8 Å². The van der Waals surface area contributed by atoms with Crippen LogP contribution in [0.25, 0.3) is 10.9 Å². The number of aromatic amines is 1. The largest absolute Gasteiger partial charge is 0.416 e. The van der Waals surface area contributed by atoms with Gasteiger partial charge in [0.15, 0.2) is 5.82 Å². The van der Waals surface area contributed by atoms with Crippen molar-refractivity contribution in [2.24, 2.45) is 0 Å². The maximum atomic E-state index is 12.8. The fraction of sp³-hybridized carbons (Fsp3) is 0.267. The number of benzene rings is 1. The van der Waals surface area contributed by atoms with Crippen molar-refractivity contribution >= 4 is 22.6 Å². The molecule has 126 valence electrons. The summed E-state index contributed by atoms with van der Waals surface area (Å²) in [5.74, 6) is 0.150. The predicted molar refractivity (Wildman–Crippen MR) is 79.4 cm³/mol. The van der Waals surface area contributed by atoms with Gasteiger partial charge in [-0.15, -0.1) is 0 Å². The Morgan fingerprint density at radius 2 is 2.08 bits per heavy atom. The molecule has 0 saturated heterocycles. The number of carbonyl (C=O) groups excluding carboxylic acids is 1. The maximum absolute atomic E-state index is 12.8. The summed E-state index contributed by atoms with van der Waals surface area (Å²) in [5.41, 5.74) is 0.825. The first kappa shape index (κ1) is 16.0. The maximum Gasteiger partial charge on any atom is 0.416 e. The zero-order valence-corrected chi connectivity index (χ0v) is 12.8. The molecule has 0 aliphatic heterocycles. The molecular weight excluding hydrogens is 325 g/mol. The van der Waals surface area contributed by atoms with Gasteiger partial charge >= 0.3 is 6.18 Å². The number of anilines is 1. The monoisotopic (exact) mass is 338 g/mol. The van der Waals surface area contributed by atoms with Gasteiger partial charge < -0.3 is 9.84 Å². The van der Waals surface area contributed by atoms with E-state index in [4.69, 9.17) is 4.52 Å². The normalized spacial score (nSPS) is 11.9. The zero-order valence-electron chi connectivity index (χ0n) is 12.8. The summed E-state index contributed by atoms with van der Waals surface area (Å²) in [6.07, 6.45) is -4.47. The van der Waals surface area contributed by atoms with Crippen molar-refractivity contribution in [3.05, 3.63) is 40.8 Å². The van der Waals surface area contributed by atoms with E-state index in [0.717, 1.165) is 12.1 Å². The highest BCUT2D eigenvalue weighted by Crippen LogP contribution is 2.32. The Balaban J connectivity index is 1.86. The van der Waals surface area contributed by atoms with Gasteiger partial charge in [0.2, 0.25) is 5.91 Å². The number of carbonyl (C=O) groups is 1. The summed E-state index contributed by atoms with van der Waals surface area (Å²) < 4.78 is 43.4. The number of rotatable bonds is 3. The van der Waals surface area contributed by atoms with Crippen LogP contribution in [0.1, 0.15) is 22.6 Å². The highest BCUT2D eigenvalue weighted by molar-refractivity contribution is 6.00. The van der Waals surface area contributed by atoms with Gasteiger partial charge in [-0.2, -0.15) is 18.3 Å². The van der Waals surface area contributed by atoms with E-state index in [2.05, 4.69) is 20.7 Å². The minimum Gasteiger partial charge on any atom is -0.361 e. The van der Waals surface area contributed by atoms with Crippen molar-refractivity contribution in [3.8, 4) is 0 Å². The summed E-state index contributed by atoms with van der Waals surface area (Å²) in [5, 5.41) is 12.9. The summed E-state index contributed by atoms with van der Waals surface area (Å²) in [7, 11) is 0. The van der Waals surface area contributed by atoms with Gasteiger partial charge in [-0.05, 0) is 32.0 Å². The molecule has 6 nitrogen and oxygen atoms in total. The van der Waals surface area contributed by atoms with Gasteiger partial charge in [-0.3, -0.25) is 9.89 Å². The molecule has 9 heteroatoms. The number of alkyl halides is 3. The number of nitrogens with one attached hydrogen (secondary N) is 2. The number of H-pyrrole nitrogens is 1. The van der Waals surface area contributed by atoms with E-state index < -0.39 is 17.6 Å². The topological polar surface area (TPSA) is 83.8 Å². The Morgan fingerprint density at radius 1 is 1.33 bits per heavy atom. The third-order valence-electron chi connectivity index (χ3n) is 3.67. The summed E-state index contributed by atoms with van der Waals surface area (Å²) in [4.78, 5) is 12.2. The van der Waals surface area contributed by atoms with Crippen LogP contribution >= 0.6 is 0 Å². The van der Waals surface area contributed by atoms with Crippen molar-refractivity contribution in [2.75, 3.05) is 5.32 Å². The minimum atomic E-state index is -4.47. The molecule has 0 bridgehead atoms. The SMILES string of the molecule is Cc1noc(C)c1CC(=O)Nc1n[nH]c2ccc(C(F)(F)F)cc12. The van der Waals surface area contributed by atoms with Gasteiger partial charge in [0.25, 0.3) is 0 Å². The molecule has 0 fully saturated rings. The van der Waals surface area contributed by atoms with Gasteiger partial charge in [0, 0.05) is 10.9 Å². The van der Waals surface area contributed by atoms with E-state index in [-0.39, 0.29) is 17.6 Å². The molecule has 0 atom stereocenters. The molecule has 0 unspecified atom stereocenters. The Hall–Kier alpha value is -2.84. The van der Waals surface area contributed by atoms with E-state index in [9.17, 15) is 18.0 Å². The van der Waals surface area contributed by atoms with E-state index in [1.807, 2.05) is 0 Å². The first-order valence-electron chi connectivity index (χ1n) is 7.02. The van der Waals surface area contributed by atoms with Gasteiger partial charge in [0.1, 0.15) is 5.76 Å². The Kier molecular flexibility index (Phi) is 3.78. The molecule has 24 heavy (non-hydrogen) atoms. The first-order valence-corrected chi connectivity index (χ1v) is 7.02. The van der Waals surface area contributed by atoms with Crippen LogP contribution in [-0.2, 0) is 17.4 Å². The van der Waals surface area contributed by atoms with Crippen LogP contribution in [-0.4, -0.2) is 21.3 Å². The van der Waals surface area contributed by atoms with Crippen LogP contribution in [0.2, 0.25) is 0 Å². The van der Waals surface area contributed by atoms with Crippen molar-refractivity contribution < 1.29 is 22.5 Å². The Labute approximate surface area is 134 Å². The number of hydrogen-bond donors (Lipinski definition) is 2. The molecule has 2 aromatic heterocycles. The second-order valence-corrected chi connectivity index (χ2v) is 5.36. The molecule has 0 spiro atoms. The smallest absolute Gasteiger partial charge is 0.361 e. The second-order valence-electron chi connectivity index (χ2n) is 5.36. The fourth-order valence-corrected chi connectivity index (χ4v) is 2.38. The van der Waals surface area contributed by atoms with E-state index in [0.29, 0.717) is 22.5 Å². The van der Waals surface area contributed by atoms with Gasteiger partial charge in [0.05, 0.1) is 23.2 Å². The summed E-state index contributed by atoms with van der Waals surface area (Å²) in [6, 6.07) is 3.18. The number of hydrogen-bond acceptors (Lipinski definition) is 4. The quantitative estimate of drug-likeness (QED) is 0.767. The number of fused-ring (bicyclic) bond motifs is 1. The highest BCUT2D eigenvalue weighted by Gasteiger charge is 2.31. The summed E-state index contributed by atoms with van der Waals surface area (Å²) >= 11 is 0. The van der Waals surface area contributed by atoms with Crippen LogP contribution in [0.4, 0.5) is 19.0 Å².